The van der Waals surface area contributed by atoms with E-state index in [1.807, 2.05) is 6.92 Å². The highest BCUT2D eigenvalue weighted by Crippen LogP contribution is 2.15. The smallest absolute Gasteiger partial charge is 0.320 e. The Bertz CT molecular complexity index is 255. The van der Waals surface area contributed by atoms with Gasteiger partial charge in [-0.1, -0.05) is 42.1 Å². The minimum atomic E-state index is -1.08. The summed E-state index contributed by atoms with van der Waals surface area (Å²) in [6.45, 7) is 3.67. The topological polar surface area (TPSA) is 63.6 Å². The molecule has 0 bridgehead atoms. The average molecular weight is 323 g/mol. The molecule has 0 aromatic heterocycles. The molecule has 0 amide bonds. The molecule has 0 spiro atoms. The Morgan fingerprint density at radius 2 is 1.83 bits per heavy atom. The van der Waals surface area contributed by atoms with E-state index in [0.29, 0.717) is 12.8 Å². The van der Waals surface area contributed by atoms with Crippen molar-refractivity contribution in [3.63, 3.8) is 0 Å². The molecule has 0 rings (SSSR count). The number of unbranched alkanes of at least 4 members (excludes halogenated alkanes) is 3. The molecular weight excluding hydrogens is 300 g/mol. The maximum atomic E-state index is 11.7. The number of esters is 1. The van der Waals surface area contributed by atoms with Crippen molar-refractivity contribution in [2.24, 2.45) is 5.92 Å². The highest BCUT2D eigenvalue weighted by Gasteiger charge is 2.28. The van der Waals surface area contributed by atoms with Crippen LogP contribution in [0.5, 0.6) is 0 Å². The van der Waals surface area contributed by atoms with E-state index in [1.54, 1.807) is 6.92 Å². The number of aliphatic carboxylic acids is 1. The SMILES string of the molecule is CCC(C)OC(=O)C(CCCCCCBr)C(=O)O. The fourth-order valence-electron chi connectivity index (χ4n) is 1.50. The zero-order valence-electron chi connectivity index (χ0n) is 11.2. The number of hydrogen-bond acceptors (Lipinski definition) is 3. The summed E-state index contributed by atoms with van der Waals surface area (Å²) in [4.78, 5) is 22.7. The summed E-state index contributed by atoms with van der Waals surface area (Å²) < 4.78 is 5.07. The van der Waals surface area contributed by atoms with Crippen molar-refractivity contribution < 1.29 is 19.4 Å². The fraction of sp³-hybridized carbons (Fsp3) is 0.846. The van der Waals surface area contributed by atoms with Gasteiger partial charge in [-0.15, -0.1) is 0 Å². The molecule has 2 atom stereocenters. The summed E-state index contributed by atoms with van der Waals surface area (Å²) in [5, 5.41) is 9.99. The van der Waals surface area contributed by atoms with E-state index in [-0.39, 0.29) is 6.10 Å². The van der Waals surface area contributed by atoms with Crippen LogP contribution in [0.2, 0.25) is 0 Å². The summed E-state index contributed by atoms with van der Waals surface area (Å²) in [5.41, 5.74) is 0. The normalized spacial score (nSPS) is 13.9. The van der Waals surface area contributed by atoms with Crippen molar-refractivity contribution in [2.45, 2.75) is 58.5 Å². The highest BCUT2D eigenvalue weighted by atomic mass is 79.9. The van der Waals surface area contributed by atoms with Gasteiger partial charge < -0.3 is 9.84 Å². The number of ether oxygens (including phenoxy) is 1. The lowest BCUT2D eigenvalue weighted by Crippen LogP contribution is -2.28. The van der Waals surface area contributed by atoms with Gasteiger partial charge in [-0.3, -0.25) is 9.59 Å². The fourth-order valence-corrected chi connectivity index (χ4v) is 1.90. The molecule has 0 radical (unpaired) electrons. The zero-order valence-corrected chi connectivity index (χ0v) is 12.7. The van der Waals surface area contributed by atoms with E-state index in [1.165, 1.54) is 0 Å². The molecule has 2 unspecified atom stereocenters. The van der Waals surface area contributed by atoms with Gasteiger partial charge in [0, 0.05) is 5.33 Å². The molecule has 1 N–H and O–H groups in total. The standard InChI is InChI=1S/C13H23BrO4/c1-3-10(2)18-13(17)11(12(15)16)8-6-4-5-7-9-14/h10-11H,3-9H2,1-2H3,(H,15,16). The third kappa shape index (κ3) is 7.69. The van der Waals surface area contributed by atoms with Gasteiger partial charge in [0.15, 0.2) is 5.92 Å². The number of carbonyl (C=O) groups excluding carboxylic acids is 1. The second-order valence-corrected chi connectivity index (χ2v) is 5.23. The Balaban J connectivity index is 4.06. The largest absolute Gasteiger partial charge is 0.481 e. The summed E-state index contributed by atoms with van der Waals surface area (Å²) in [5.74, 6) is -2.69. The molecule has 18 heavy (non-hydrogen) atoms. The molecule has 0 saturated heterocycles. The molecule has 0 aliphatic rings. The Hall–Kier alpha value is -0.580. The first-order valence-electron chi connectivity index (χ1n) is 6.52. The van der Waals surface area contributed by atoms with Gasteiger partial charge in [-0.25, -0.2) is 0 Å². The van der Waals surface area contributed by atoms with Gasteiger partial charge in [0.1, 0.15) is 0 Å². The van der Waals surface area contributed by atoms with Crippen molar-refractivity contribution in [3.05, 3.63) is 0 Å². The molecule has 0 saturated carbocycles. The molecule has 4 nitrogen and oxygen atoms in total. The maximum absolute atomic E-state index is 11.7. The van der Waals surface area contributed by atoms with Gasteiger partial charge in [0.2, 0.25) is 0 Å². The number of rotatable bonds is 10. The number of carboxylic acids is 1. The molecule has 0 fully saturated rings. The van der Waals surface area contributed by atoms with Gasteiger partial charge in [0.05, 0.1) is 6.10 Å². The van der Waals surface area contributed by atoms with Crippen molar-refractivity contribution >= 4 is 27.9 Å². The van der Waals surface area contributed by atoms with E-state index in [9.17, 15) is 9.59 Å². The van der Waals surface area contributed by atoms with E-state index in [4.69, 9.17) is 9.84 Å². The molecule has 0 aliphatic carbocycles. The molecule has 0 aromatic carbocycles. The number of carboxylic acid groups (broad SMARTS) is 1. The predicted octanol–water partition coefficient (Wildman–Crippen LogP) is 3.37. The molecule has 0 heterocycles. The van der Waals surface area contributed by atoms with E-state index in [2.05, 4.69) is 15.9 Å². The Morgan fingerprint density at radius 3 is 2.33 bits per heavy atom. The molecule has 5 heteroatoms. The molecule has 0 aromatic rings. The number of carbonyl (C=O) groups is 2. The second kappa shape index (κ2) is 10.4. The minimum absolute atomic E-state index is 0.215. The number of halogens is 1. The minimum Gasteiger partial charge on any atom is -0.481 e. The van der Waals surface area contributed by atoms with Crippen molar-refractivity contribution in [3.8, 4) is 0 Å². The lowest BCUT2D eigenvalue weighted by molar-refractivity contribution is -0.162. The third-order valence-corrected chi connectivity index (χ3v) is 3.41. The van der Waals surface area contributed by atoms with E-state index in [0.717, 1.165) is 31.0 Å². The van der Waals surface area contributed by atoms with Crippen LogP contribution in [0.25, 0.3) is 0 Å². The van der Waals surface area contributed by atoms with Crippen LogP contribution in [0.1, 0.15) is 52.4 Å². The van der Waals surface area contributed by atoms with Gasteiger partial charge in [0.25, 0.3) is 0 Å². The molecule has 106 valence electrons. The lowest BCUT2D eigenvalue weighted by atomic mass is 10.0. The highest BCUT2D eigenvalue weighted by molar-refractivity contribution is 9.09. The molecule has 0 aliphatic heterocycles. The van der Waals surface area contributed by atoms with Crippen LogP contribution in [0, 0.1) is 5.92 Å². The Morgan fingerprint density at radius 1 is 1.22 bits per heavy atom. The number of alkyl halides is 1. The average Bonchev–Trinajstić information content (AvgIpc) is 2.32. The van der Waals surface area contributed by atoms with Crippen LogP contribution < -0.4 is 0 Å². The van der Waals surface area contributed by atoms with Crippen molar-refractivity contribution in [1.29, 1.82) is 0 Å². The lowest BCUT2D eigenvalue weighted by Gasteiger charge is -2.15. The summed E-state index contributed by atoms with van der Waals surface area (Å²) >= 11 is 3.34. The predicted molar refractivity (Wildman–Crippen MR) is 73.8 cm³/mol. The van der Waals surface area contributed by atoms with Gasteiger partial charge in [-0.05, 0) is 26.2 Å². The first-order chi connectivity index (χ1) is 8.52. The van der Waals surface area contributed by atoms with Gasteiger partial charge in [-0.2, -0.15) is 0 Å². The van der Waals surface area contributed by atoms with Crippen molar-refractivity contribution in [2.75, 3.05) is 5.33 Å². The van der Waals surface area contributed by atoms with Crippen LogP contribution in [0.3, 0.4) is 0 Å². The number of hydrogen-bond donors (Lipinski definition) is 1. The first kappa shape index (κ1) is 17.4. The summed E-state index contributed by atoms with van der Waals surface area (Å²) in [6, 6.07) is 0. The summed E-state index contributed by atoms with van der Waals surface area (Å²) in [7, 11) is 0. The monoisotopic (exact) mass is 322 g/mol. The first-order valence-corrected chi connectivity index (χ1v) is 7.64. The van der Waals surface area contributed by atoms with Crippen LogP contribution in [-0.2, 0) is 14.3 Å². The zero-order chi connectivity index (χ0) is 14.0. The maximum Gasteiger partial charge on any atom is 0.320 e. The van der Waals surface area contributed by atoms with E-state index < -0.39 is 17.9 Å². The van der Waals surface area contributed by atoms with Crippen LogP contribution in [0.4, 0.5) is 0 Å². The van der Waals surface area contributed by atoms with Crippen LogP contribution >= 0.6 is 15.9 Å². The van der Waals surface area contributed by atoms with Crippen molar-refractivity contribution in [1.82, 2.24) is 0 Å². The Kier molecular flexibility index (Phi) is 10.0. The summed E-state index contributed by atoms with van der Waals surface area (Å²) in [6.07, 6.45) is 4.68. The van der Waals surface area contributed by atoms with Gasteiger partial charge >= 0.3 is 11.9 Å². The van der Waals surface area contributed by atoms with Crippen LogP contribution in [-0.4, -0.2) is 28.5 Å². The molecular formula is C13H23BrO4. The van der Waals surface area contributed by atoms with E-state index >= 15 is 0 Å². The quantitative estimate of drug-likeness (QED) is 0.290. The third-order valence-electron chi connectivity index (χ3n) is 2.85. The Labute approximate surface area is 117 Å². The second-order valence-electron chi connectivity index (χ2n) is 4.44. The van der Waals surface area contributed by atoms with Crippen LogP contribution in [0.15, 0.2) is 0 Å².